The topological polar surface area (TPSA) is 46.5 Å². The van der Waals surface area contributed by atoms with Gasteiger partial charge in [0, 0.05) is 4.47 Å². The molecular weight excluding hydrogens is 279 g/mol. The summed E-state index contributed by atoms with van der Waals surface area (Å²) in [5.41, 5.74) is 0. The van der Waals surface area contributed by atoms with Gasteiger partial charge in [-0.15, -0.1) is 0 Å². The number of benzene rings is 1. The van der Waals surface area contributed by atoms with Crippen molar-refractivity contribution in [3.05, 3.63) is 21.6 Å². The molecule has 1 aromatic carbocycles. The summed E-state index contributed by atoms with van der Waals surface area (Å²) in [6, 6.07) is 2.94. The van der Waals surface area contributed by atoms with Crippen molar-refractivity contribution < 1.29 is 13.5 Å². The van der Waals surface area contributed by atoms with Gasteiger partial charge in [0.2, 0.25) is 0 Å². The molecule has 0 aromatic heterocycles. The minimum atomic E-state index is -2.05. The quantitative estimate of drug-likeness (QED) is 0.850. The third-order valence-corrected chi connectivity index (χ3v) is 3.32. The summed E-state index contributed by atoms with van der Waals surface area (Å²) in [5, 5.41) is 0.308. The highest BCUT2D eigenvalue weighted by molar-refractivity contribution is 9.10. The van der Waals surface area contributed by atoms with E-state index in [4.69, 9.17) is 20.9 Å². The molecule has 0 aliphatic heterocycles. The normalized spacial score (nSPS) is 12.6. The molecule has 1 rings (SSSR count). The first-order valence-electron chi connectivity index (χ1n) is 3.20. The Kier molecular flexibility index (Phi) is 3.73. The molecule has 0 amide bonds. The SMILES string of the molecule is COc1cc(Br)c(S(=O)O)cc1Cl. The number of ether oxygens (including phenoxy) is 1. The predicted octanol–water partition coefficient (Wildman–Crippen LogP) is 2.69. The van der Waals surface area contributed by atoms with Gasteiger partial charge in [0.05, 0.1) is 17.0 Å². The molecule has 13 heavy (non-hydrogen) atoms. The van der Waals surface area contributed by atoms with Crippen LogP contribution in [0, 0.1) is 0 Å². The van der Waals surface area contributed by atoms with Crippen LogP contribution in [-0.4, -0.2) is 15.9 Å². The van der Waals surface area contributed by atoms with Crippen LogP contribution < -0.4 is 4.74 Å². The average molecular weight is 286 g/mol. The summed E-state index contributed by atoms with van der Waals surface area (Å²) >= 11 is 6.84. The van der Waals surface area contributed by atoms with Gasteiger partial charge in [-0.05, 0) is 28.1 Å². The summed E-state index contributed by atoms with van der Waals surface area (Å²) < 4.78 is 25.0. The molecule has 0 aliphatic carbocycles. The van der Waals surface area contributed by atoms with Gasteiger partial charge in [0.1, 0.15) is 5.75 Å². The first-order chi connectivity index (χ1) is 6.06. The van der Waals surface area contributed by atoms with Crippen LogP contribution in [0.3, 0.4) is 0 Å². The molecule has 6 heteroatoms. The first-order valence-corrected chi connectivity index (χ1v) is 5.48. The van der Waals surface area contributed by atoms with E-state index in [1.807, 2.05) is 0 Å². The summed E-state index contributed by atoms with van der Waals surface area (Å²) in [7, 11) is 1.48. The Balaban J connectivity index is 3.28. The van der Waals surface area contributed by atoms with Gasteiger partial charge in [-0.1, -0.05) is 11.6 Å². The third-order valence-electron chi connectivity index (χ3n) is 1.39. The fourth-order valence-corrected chi connectivity index (χ4v) is 2.29. The minimum Gasteiger partial charge on any atom is -0.495 e. The molecule has 0 spiro atoms. The van der Waals surface area contributed by atoms with Crippen molar-refractivity contribution in [1.29, 1.82) is 0 Å². The summed E-state index contributed by atoms with van der Waals surface area (Å²) in [6.45, 7) is 0. The Labute approximate surface area is 91.5 Å². The van der Waals surface area contributed by atoms with Gasteiger partial charge in [-0.25, -0.2) is 4.21 Å². The maximum Gasteiger partial charge on any atom is 0.187 e. The fourth-order valence-electron chi connectivity index (χ4n) is 0.801. The highest BCUT2D eigenvalue weighted by Gasteiger charge is 2.10. The smallest absolute Gasteiger partial charge is 0.187 e. The van der Waals surface area contributed by atoms with E-state index in [0.717, 1.165) is 0 Å². The maximum absolute atomic E-state index is 10.8. The zero-order valence-corrected chi connectivity index (χ0v) is 9.74. The monoisotopic (exact) mass is 284 g/mol. The zero-order chi connectivity index (χ0) is 10.0. The first kappa shape index (κ1) is 11.0. The maximum atomic E-state index is 10.8. The van der Waals surface area contributed by atoms with Crippen molar-refractivity contribution in [2.75, 3.05) is 7.11 Å². The van der Waals surface area contributed by atoms with Crippen LogP contribution >= 0.6 is 27.5 Å². The Morgan fingerprint density at radius 1 is 1.62 bits per heavy atom. The van der Waals surface area contributed by atoms with Gasteiger partial charge >= 0.3 is 0 Å². The molecule has 1 atom stereocenters. The van der Waals surface area contributed by atoms with Gasteiger partial charge in [0.25, 0.3) is 0 Å². The van der Waals surface area contributed by atoms with E-state index >= 15 is 0 Å². The Morgan fingerprint density at radius 3 is 2.69 bits per heavy atom. The van der Waals surface area contributed by atoms with Crippen LogP contribution in [0.2, 0.25) is 5.02 Å². The van der Waals surface area contributed by atoms with Gasteiger partial charge in [-0.3, -0.25) is 0 Å². The second kappa shape index (κ2) is 4.41. The number of hydrogen-bond donors (Lipinski definition) is 1. The lowest BCUT2D eigenvalue weighted by Gasteiger charge is -2.05. The van der Waals surface area contributed by atoms with Crippen LogP contribution in [-0.2, 0) is 11.1 Å². The molecule has 1 unspecified atom stereocenters. The van der Waals surface area contributed by atoms with E-state index < -0.39 is 11.1 Å². The van der Waals surface area contributed by atoms with E-state index in [1.54, 1.807) is 6.07 Å². The number of methoxy groups -OCH3 is 1. The largest absolute Gasteiger partial charge is 0.495 e. The Hall–Kier alpha value is -0.100. The van der Waals surface area contributed by atoms with E-state index in [9.17, 15) is 4.21 Å². The number of rotatable bonds is 2. The second-order valence-electron chi connectivity index (χ2n) is 2.17. The van der Waals surface area contributed by atoms with Crippen molar-refractivity contribution in [1.82, 2.24) is 0 Å². The highest BCUT2D eigenvalue weighted by atomic mass is 79.9. The number of hydrogen-bond acceptors (Lipinski definition) is 2. The molecule has 1 aromatic rings. The fraction of sp³-hybridized carbons (Fsp3) is 0.143. The minimum absolute atomic E-state index is 0.228. The van der Waals surface area contributed by atoms with Crippen molar-refractivity contribution in [2.24, 2.45) is 0 Å². The molecule has 0 saturated heterocycles. The molecule has 0 saturated carbocycles. The molecular formula is C7H6BrClO3S. The van der Waals surface area contributed by atoms with Crippen molar-refractivity contribution >= 4 is 38.6 Å². The lowest BCUT2D eigenvalue weighted by Crippen LogP contribution is -1.92. The molecule has 0 heterocycles. The second-order valence-corrected chi connectivity index (χ2v) is 4.37. The molecule has 0 aliphatic rings. The summed E-state index contributed by atoms with van der Waals surface area (Å²) in [5.74, 6) is 0.461. The lowest BCUT2D eigenvalue weighted by molar-refractivity contribution is 0.414. The molecule has 1 N–H and O–H groups in total. The highest BCUT2D eigenvalue weighted by Crippen LogP contribution is 2.32. The molecule has 0 radical (unpaired) electrons. The van der Waals surface area contributed by atoms with Crippen molar-refractivity contribution in [3.63, 3.8) is 0 Å². The summed E-state index contributed by atoms with van der Waals surface area (Å²) in [4.78, 5) is 0.228. The average Bonchev–Trinajstić information content (AvgIpc) is 2.07. The van der Waals surface area contributed by atoms with Crippen LogP contribution in [0.5, 0.6) is 5.75 Å². The Bertz CT molecular complexity index is 356. The lowest BCUT2D eigenvalue weighted by atomic mass is 10.3. The molecule has 72 valence electrons. The van der Waals surface area contributed by atoms with Crippen LogP contribution in [0.15, 0.2) is 21.5 Å². The molecule has 0 bridgehead atoms. The van der Waals surface area contributed by atoms with Gasteiger partial charge in [0.15, 0.2) is 11.1 Å². The van der Waals surface area contributed by atoms with Crippen molar-refractivity contribution in [2.45, 2.75) is 4.90 Å². The molecule has 0 fully saturated rings. The predicted molar refractivity (Wildman–Crippen MR) is 54.7 cm³/mol. The van der Waals surface area contributed by atoms with E-state index in [1.165, 1.54) is 13.2 Å². The van der Waals surface area contributed by atoms with Crippen LogP contribution in [0.4, 0.5) is 0 Å². The van der Waals surface area contributed by atoms with Crippen LogP contribution in [0.1, 0.15) is 0 Å². The zero-order valence-electron chi connectivity index (χ0n) is 6.58. The van der Waals surface area contributed by atoms with E-state index in [0.29, 0.717) is 15.2 Å². The van der Waals surface area contributed by atoms with E-state index in [-0.39, 0.29) is 4.90 Å². The van der Waals surface area contributed by atoms with Crippen LogP contribution in [0.25, 0.3) is 0 Å². The third kappa shape index (κ3) is 2.43. The summed E-state index contributed by atoms with van der Waals surface area (Å²) in [6.07, 6.45) is 0. The Morgan fingerprint density at radius 2 is 2.23 bits per heavy atom. The number of halogens is 2. The van der Waals surface area contributed by atoms with Crippen molar-refractivity contribution in [3.8, 4) is 5.75 Å². The van der Waals surface area contributed by atoms with Gasteiger partial charge < -0.3 is 9.29 Å². The van der Waals surface area contributed by atoms with E-state index in [2.05, 4.69) is 15.9 Å². The molecule has 3 nitrogen and oxygen atoms in total. The van der Waals surface area contributed by atoms with Gasteiger partial charge in [-0.2, -0.15) is 0 Å². The standard InChI is InChI=1S/C7H6BrClO3S/c1-12-6-2-4(8)7(13(10)11)3-5(6)9/h2-3H,1H3,(H,10,11).